The number of hydrogen-bond donors (Lipinski definition) is 1. The summed E-state index contributed by atoms with van der Waals surface area (Å²) in [5.74, 6) is 1.47. The number of hydrogen-bond acceptors (Lipinski definition) is 3. The van der Waals surface area contributed by atoms with Gasteiger partial charge in [-0.05, 0) is 50.3 Å². The van der Waals surface area contributed by atoms with Crippen molar-refractivity contribution in [1.82, 2.24) is 10.3 Å². The Labute approximate surface area is 128 Å². The van der Waals surface area contributed by atoms with Crippen LogP contribution in [-0.2, 0) is 6.18 Å². The second-order valence-electron chi connectivity index (χ2n) is 6.64. The first-order valence-electron chi connectivity index (χ1n) is 7.88. The lowest BCUT2D eigenvalue weighted by atomic mass is 9.86. The maximum Gasteiger partial charge on any atom is 0.433 e. The number of nitrogens with one attached hydrogen (secondary N) is 1. The molecule has 2 heterocycles. The molecule has 1 aliphatic carbocycles. The maximum atomic E-state index is 12.8. The van der Waals surface area contributed by atoms with E-state index in [4.69, 9.17) is 0 Å². The molecule has 22 heavy (non-hydrogen) atoms. The SMILES string of the molecule is CCN[C@@]1(C)CC[C@@H]2CN(c3cccc(C(F)(F)F)n3)C[C@@H]21. The quantitative estimate of drug-likeness (QED) is 0.928. The molecule has 3 rings (SSSR count). The van der Waals surface area contributed by atoms with Crippen LogP contribution in [0.15, 0.2) is 18.2 Å². The number of pyridine rings is 1. The van der Waals surface area contributed by atoms with Crippen molar-refractivity contribution in [2.24, 2.45) is 11.8 Å². The van der Waals surface area contributed by atoms with Gasteiger partial charge < -0.3 is 10.2 Å². The van der Waals surface area contributed by atoms with E-state index in [9.17, 15) is 13.2 Å². The van der Waals surface area contributed by atoms with E-state index in [0.29, 0.717) is 17.7 Å². The molecule has 1 saturated carbocycles. The molecule has 1 saturated heterocycles. The summed E-state index contributed by atoms with van der Waals surface area (Å²) in [6.45, 7) is 6.84. The van der Waals surface area contributed by atoms with Crippen molar-refractivity contribution in [3.8, 4) is 0 Å². The molecule has 1 aliphatic heterocycles. The Kier molecular flexibility index (Phi) is 3.83. The molecule has 2 aliphatic rings. The topological polar surface area (TPSA) is 28.2 Å². The fourth-order valence-electron chi connectivity index (χ4n) is 4.12. The molecule has 0 radical (unpaired) electrons. The van der Waals surface area contributed by atoms with E-state index in [1.165, 1.54) is 6.07 Å². The van der Waals surface area contributed by atoms with E-state index < -0.39 is 11.9 Å². The van der Waals surface area contributed by atoms with Crippen LogP contribution >= 0.6 is 0 Å². The van der Waals surface area contributed by atoms with Crippen molar-refractivity contribution in [2.45, 2.75) is 38.4 Å². The molecule has 1 N–H and O–H groups in total. The monoisotopic (exact) mass is 313 g/mol. The highest BCUT2D eigenvalue weighted by atomic mass is 19.4. The highest BCUT2D eigenvalue weighted by Gasteiger charge is 2.49. The third-order valence-electron chi connectivity index (χ3n) is 5.22. The van der Waals surface area contributed by atoms with Gasteiger partial charge in [0.1, 0.15) is 11.5 Å². The Morgan fingerprint density at radius 3 is 2.82 bits per heavy atom. The summed E-state index contributed by atoms with van der Waals surface area (Å²) in [6, 6.07) is 4.16. The zero-order chi connectivity index (χ0) is 16.0. The molecule has 3 nitrogen and oxygen atoms in total. The van der Waals surface area contributed by atoms with Gasteiger partial charge in [0.05, 0.1) is 0 Å². The van der Waals surface area contributed by atoms with Gasteiger partial charge in [-0.3, -0.25) is 0 Å². The summed E-state index contributed by atoms with van der Waals surface area (Å²) >= 11 is 0. The normalized spacial score (nSPS) is 31.6. The van der Waals surface area contributed by atoms with E-state index in [1.54, 1.807) is 6.07 Å². The molecular formula is C16H22F3N3. The Morgan fingerprint density at radius 2 is 2.14 bits per heavy atom. The van der Waals surface area contributed by atoms with Crippen molar-refractivity contribution >= 4 is 5.82 Å². The summed E-state index contributed by atoms with van der Waals surface area (Å²) in [4.78, 5) is 5.84. The van der Waals surface area contributed by atoms with Crippen LogP contribution in [0.2, 0.25) is 0 Å². The lowest BCUT2D eigenvalue weighted by Gasteiger charge is -2.32. The highest BCUT2D eigenvalue weighted by molar-refractivity contribution is 5.42. The van der Waals surface area contributed by atoms with Crippen molar-refractivity contribution in [2.75, 3.05) is 24.5 Å². The van der Waals surface area contributed by atoms with Gasteiger partial charge in [-0.2, -0.15) is 13.2 Å². The average Bonchev–Trinajstić information content (AvgIpc) is 3.00. The molecule has 0 bridgehead atoms. The lowest BCUT2D eigenvalue weighted by molar-refractivity contribution is -0.141. The predicted octanol–water partition coefficient (Wildman–Crippen LogP) is 3.31. The summed E-state index contributed by atoms with van der Waals surface area (Å²) in [7, 11) is 0. The lowest BCUT2D eigenvalue weighted by Crippen LogP contribution is -2.47. The largest absolute Gasteiger partial charge is 0.433 e. The third kappa shape index (κ3) is 2.69. The highest BCUT2D eigenvalue weighted by Crippen LogP contribution is 2.45. The summed E-state index contributed by atoms with van der Waals surface area (Å²) in [5.41, 5.74) is -0.716. The first-order chi connectivity index (χ1) is 10.3. The smallest absolute Gasteiger partial charge is 0.356 e. The Bertz CT molecular complexity index is 542. The van der Waals surface area contributed by atoms with Crippen LogP contribution in [0.25, 0.3) is 0 Å². The van der Waals surface area contributed by atoms with Crippen LogP contribution in [-0.4, -0.2) is 30.2 Å². The minimum absolute atomic E-state index is 0.0931. The van der Waals surface area contributed by atoms with Gasteiger partial charge in [0, 0.05) is 18.6 Å². The van der Waals surface area contributed by atoms with Gasteiger partial charge in [-0.1, -0.05) is 13.0 Å². The average molecular weight is 313 g/mol. The number of alkyl halides is 3. The van der Waals surface area contributed by atoms with Crippen molar-refractivity contribution in [1.29, 1.82) is 0 Å². The fourth-order valence-corrected chi connectivity index (χ4v) is 4.12. The van der Waals surface area contributed by atoms with Crippen LogP contribution in [0.5, 0.6) is 0 Å². The molecule has 0 spiro atoms. The van der Waals surface area contributed by atoms with E-state index in [0.717, 1.165) is 38.5 Å². The number of halogens is 3. The van der Waals surface area contributed by atoms with E-state index in [1.807, 2.05) is 4.90 Å². The van der Waals surface area contributed by atoms with Crippen LogP contribution in [0.3, 0.4) is 0 Å². The molecule has 1 aromatic rings. The van der Waals surface area contributed by atoms with E-state index in [-0.39, 0.29) is 5.54 Å². The van der Waals surface area contributed by atoms with Crippen LogP contribution in [0.4, 0.5) is 19.0 Å². The van der Waals surface area contributed by atoms with Crippen molar-refractivity contribution in [3.63, 3.8) is 0 Å². The second-order valence-corrected chi connectivity index (χ2v) is 6.64. The van der Waals surface area contributed by atoms with Crippen molar-refractivity contribution in [3.05, 3.63) is 23.9 Å². The third-order valence-corrected chi connectivity index (χ3v) is 5.22. The molecule has 6 heteroatoms. The molecule has 122 valence electrons. The number of anilines is 1. The van der Waals surface area contributed by atoms with Gasteiger partial charge >= 0.3 is 6.18 Å². The Balaban J connectivity index is 1.79. The molecule has 0 unspecified atom stereocenters. The second kappa shape index (κ2) is 5.41. The van der Waals surface area contributed by atoms with Gasteiger partial charge in [0.2, 0.25) is 0 Å². The zero-order valence-electron chi connectivity index (χ0n) is 13.0. The van der Waals surface area contributed by atoms with E-state index in [2.05, 4.69) is 24.1 Å². The zero-order valence-corrected chi connectivity index (χ0v) is 13.0. The minimum atomic E-state index is -4.39. The first kappa shape index (κ1) is 15.6. The number of nitrogens with zero attached hydrogens (tertiary/aromatic N) is 2. The van der Waals surface area contributed by atoms with Gasteiger partial charge in [-0.15, -0.1) is 0 Å². The van der Waals surface area contributed by atoms with E-state index >= 15 is 0 Å². The summed E-state index contributed by atoms with van der Waals surface area (Å²) in [6.07, 6.45) is -2.12. The number of rotatable bonds is 3. The fraction of sp³-hybridized carbons (Fsp3) is 0.688. The molecule has 0 aromatic carbocycles. The molecule has 0 amide bonds. The summed E-state index contributed by atoms with van der Waals surface area (Å²) < 4.78 is 38.5. The number of aromatic nitrogens is 1. The number of fused-ring (bicyclic) bond motifs is 1. The molecule has 3 atom stereocenters. The predicted molar refractivity (Wildman–Crippen MR) is 79.7 cm³/mol. The van der Waals surface area contributed by atoms with Gasteiger partial charge in [0.15, 0.2) is 0 Å². The van der Waals surface area contributed by atoms with Crippen LogP contribution < -0.4 is 10.2 Å². The first-order valence-corrected chi connectivity index (χ1v) is 7.88. The minimum Gasteiger partial charge on any atom is -0.356 e. The molecule has 1 aromatic heterocycles. The van der Waals surface area contributed by atoms with Crippen LogP contribution in [0.1, 0.15) is 32.4 Å². The Hall–Kier alpha value is -1.30. The Morgan fingerprint density at radius 1 is 1.36 bits per heavy atom. The summed E-state index contributed by atoms with van der Waals surface area (Å²) in [5, 5.41) is 3.57. The van der Waals surface area contributed by atoms with Crippen molar-refractivity contribution < 1.29 is 13.2 Å². The van der Waals surface area contributed by atoms with Gasteiger partial charge in [-0.25, -0.2) is 4.98 Å². The maximum absolute atomic E-state index is 12.8. The standard InChI is InChI=1S/C16H22F3N3/c1-3-20-15(2)8-7-11-9-22(10-12(11)15)14-6-4-5-13(21-14)16(17,18)19/h4-6,11-12,20H,3,7-10H2,1-2H3/t11-,12+,15+/m1/s1. The van der Waals surface area contributed by atoms with Gasteiger partial charge in [0.25, 0.3) is 0 Å². The molecular weight excluding hydrogens is 291 g/mol. The molecule has 2 fully saturated rings. The van der Waals surface area contributed by atoms with Crippen LogP contribution in [0, 0.1) is 11.8 Å².